The maximum atomic E-state index is 12.8. The summed E-state index contributed by atoms with van der Waals surface area (Å²) in [5.74, 6) is 1.13. The smallest absolute Gasteiger partial charge is 0.257 e. The van der Waals surface area contributed by atoms with Gasteiger partial charge in [-0.2, -0.15) is 5.10 Å². The predicted molar refractivity (Wildman–Crippen MR) is 103 cm³/mol. The number of halogens is 1. The number of amides is 1. The van der Waals surface area contributed by atoms with Gasteiger partial charge in [-0.3, -0.25) is 9.00 Å². The Morgan fingerprint density at radius 2 is 2.00 bits per heavy atom. The molecule has 1 atom stereocenters. The Balaban J connectivity index is 1.78. The Hall–Kier alpha value is -2.44. The van der Waals surface area contributed by atoms with Crippen LogP contribution in [0.5, 0.6) is 0 Å². The first-order valence-corrected chi connectivity index (χ1v) is 9.98. The molecule has 132 valence electrons. The van der Waals surface area contributed by atoms with Crippen molar-refractivity contribution < 1.29 is 9.00 Å². The van der Waals surface area contributed by atoms with E-state index in [1.165, 1.54) is 0 Å². The molecular weight excluding hydrogens is 370 g/mol. The van der Waals surface area contributed by atoms with Gasteiger partial charge in [0.05, 0.1) is 22.9 Å². The van der Waals surface area contributed by atoms with E-state index in [4.69, 9.17) is 11.6 Å². The first-order chi connectivity index (χ1) is 12.5. The highest BCUT2D eigenvalue weighted by atomic mass is 35.5. The molecule has 0 bridgehead atoms. The SMILES string of the molecule is Cc1ccccc1C(=O)Nc1c2c(nn1-c1cccc(Cl)c1)CS(=O)C2. The van der Waals surface area contributed by atoms with Gasteiger partial charge in [-0.25, -0.2) is 4.68 Å². The molecule has 0 saturated carbocycles. The molecule has 1 aromatic heterocycles. The summed E-state index contributed by atoms with van der Waals surface area (Å²) in [6, 6.07) is 14.7. The molecule has 0 spiro atoms. The molecule has 26 heavy (non-hydrogen) atoms. The van der Waals surface area contributed by atoms with Crippen molar-refractivity contribution in [2.45, 2.75) is 18.4 Å². The van der Waals surface area contributed by atoms with Gasteiger partial charge < -0.3 is 5.32 Å². The second-order valence-electron chi connectivity index (χ2n) is 6.16. The summed E-state index contributed by atoms with van der Waals surface area (Å²) in [4.78, 5) is 12.8. The highest BCUT2D eigenvalue weighted by molar-refractivity contribution is 7.83. The van der Waals surface area contributed by atoms with Crippen LogP contribution in [0, 0.1) is 6.92 Å². The quantitative estimate of drug-likeness (QED) is 0.744. The van der Waals surface area contributed by atoms with Crippen molar-refractivity contribution in [1.82, 2.24) is 9.78 Å². The molecule has 1 amide bonds. The summed E-state index contributed by atoms with van der Waals surface area (Å²) in [5.41, 5.74) is 3.81. The van der Waals surface area contributed by atoms with E-state index < -0.39 is 10.8 Å². The van der Waals surface area contributed by atoms with Crippen molar-refractivity contribution in [2.75, 3.05) is 5.32 Å². The van der Waals surface area contributed by atoms with Gasteiger partial charge >= 0.3 is 0 Å². The Morgan fingerprint density at radius 1 is 1.19 bits per heavy atom. The number of hydrogen-bond acceptors (Lipinski definition) is 3. The van der Waals surface area contributed by atoms with Gasteiger partial charge in [0.1, 0.15) is 5.82 Å². The molecule has 0 saturated heterocycles. The van der Waals surface area contributed by atoms with Crippen LogP contribution < -0.4 is 5.32 Å². The topological polar surface area (TPSA) is 64.0 Å². The number of nitrogens with zero attached hydrogens (tertiary/aromatic N) is 2. The summed E-state index contributed by atoms with van der Waals surface area (Å²) in [6.07, 6.45) is 0. The zero-order valence-corrected chi connectivity index (χ0v) is 15.6. The summed E-state index contributed by atoms with van der Waals surface area (Å²) in [7, 11) is -0.984. The Bertz CT molecular complexity index is 1050. The van der Waals surface area contributed by atoms with Crippen LogP contribution in [0.3, 0.4) is 0 Å². The minimum absolute atomic E-state index is 0.216. The predicted octanol–water partition coefficient (Wildman–Crippen LogP) is 3.85. The molecule has 2 aromatic carbocycles. The molecule has 7 heteroatoms. The van der Waals surface area contributed by atoms with E-state index in [0.717, 1.165) is 22.5 Å². The normalized spacial score (nSPS) is 15.7. The number of aromatic nitrogens is 2. The minimum atomic E-state index is -0.984. The molecule has 0 aliphatic carbocycles. The van der Waals surface area contributed by atoms with Crippen molar-refractivity contribution in [3.8, 4) is 5.69 Å². The lowest BCUT2D eigenvalue weighted by Gasteiger charge is -2.12. The number of hydrogen-bond donors (Lipinski definition) is 1. The first kappa shape index (κ1) is 17.0. The number of carbonyl (C=O) groups excluding carboxylic acids is 1. The second-order valence-corrected chi connectivity index (χ2v) is 8.06. The fourth-order valence-electron chi connectivity index (χ4n) is 3.05. The van der Waals surface area contributed by atoms with Crippen molar-refractivity contribution in [2.24, 2.45) is 0 Å². The Kier molecular flexibility index (Phi) is 4.38. The van der Waals surface area contributed by atoms with E-state index in [1.807, 2.05) is 37.3 Å². The lowest BCUT2D eigenvalue weighted by atomic mass is 10.1. The van der Waals surface area contributed by atoms with Crippen molar-refractivity contribution >= 4 is 34.1 Å². The van der Waals surface area contributed by atoms with Gasteiger partial charge in [-0.1, -0.05) is 35.9 Å². The molecule has 0 fully saturated rings. The van der Waals surface area contributed by atoms with E-state index in [-0.39, 0.29) is 5.91 Å². The molecule has 5 nitrogen and oxygen atoms in total. The molecule has 1 aliphatic rings. The number of aryl methyl sites for hydroxylation is 1. The maximum Gasteiger partial charge on any atom is 0.257 e. The third kappa shape index (κ3) is 3.06. The van der Waals surface area contributed by atoms with Gasteiger partial charge in [-0.15, -0.1) is 0 Å². The number of benzene rings is 2. The van der Waals surface area contributed by atoms with E-state index in [1.54, 1.807) is 22.9 Å². The van der Waals surface area contributed by atoms with E-state index in [9.17, 15) is 9.00 Å². The van der Waals surface area contributed by atoms with Gasteiger partial charge in [0.25, 0.3) is 5.91 Å². The van der Waals surface area contributed by atoms with Gasteiger partial charge in [0.15, 0.2) is 0 Å². The molecule has 1 aliphatic heterocycles. The van der Waals surface area contributed by atoms with Gasteiger partial charge in [0, 0.05) is 26.9 Å². The standard InChI is InChI=1S/C19H16ClN3O2S/c1-12-5-2-3-8-15(12)19(24)21-18-16-10-26(25)11-17(16)22-23(18)14-7-4-6-13(20)9-14/h2-9H,10-11H2,1H3,(H,21,24). The highest BCUT2D eigenvalue weighted by Crippen LogP contribution is 2.32. The van der Waals surface area contributed by atoms with Crippen LogP contribution in [0.2, 0.25) is 5.02 Å². The average molecular weight is 386 g/mol. The lowest BCUT2D eigenvalue weighted by molar-refractivity contribution is 0.102. The summed E-state index contributed by atoms with van der Waals surface area (Å²) >= 11 is 6.11. The van der Waals surface area contributed by atoms with Crippen LogP contribution in [-0.4, -0.2) is 19.9 Å². The maximum absolute atomic E-state index is 12.8. The van der Waals surface area contributed by atoms with Crippen LogP contribution in [0.1, 0.15) is 27.2 Å². The van der Waals surface area contributed by atoms with Gasteiger partial charge in [0.2, 0.25) is 0 Å². The third-order valence-electron chi connectivity index (χ3n) is 4.34. The zero-order chi connectivity index (χ0) is 18.3. The van der Waals surface area contributed by atoms with Crippen LogP contribution in [0.25, 0.3) is 5.69 Å². The van der Waals surface area contributed by atoms with E-state index in [2.05, 4.69) is 10.4 Å². The number of anilines is 1. The molecule has 2 heterocycles. The van der Waals surface area contributed by atoms with Crippen LogP contribution in [0.15, 0.2) is 48.5 Å². The number of fused-ring (bicyclic) bond motifs is 1. The fourth-order valence-corrected chi connectivity index (χ4v) is 4.50. The summed E-state index contributed by atoms with van der Waals surface area (Å²) in [6.45, 7) is 1.89. The van der Waals surface area contributed by atoms with Crippen LogP contribution in [0.4, 0.5) is 5.82 Å². The Morgan fingerprint density at radius 3 is 2.77 bits per heavy atom. The minimum Gasteiger partial charge on any atom is -0.306 e. The lowest BCUT2D eigenvalue weighted by Crippen LogP contribution is -2.17. The number of carbonyl (C=O) groups is 1. The summed E-state index contributed by atoms with van der Waals surface area (Å²) in [5, 5.41) is 8.12. The van der Waals surface area contributed by atoms with Crippen LogP contribution >= 0.6 is 11.6 Å². The first-order valence-electron chi connectivity index (χ1n) is 8.11. The van der Waals surface area contributed by atoms with E-state index in [0.29, 0.717) is 27.9 Å². The average Bonchev–Trinajstić information content (AvgIpc) is 3.12. The molecule has 3 aromatic rings. The molecule has 1 unspecified atom stereocenters. The Labute approximate surface area is 158 Å². The monoisotopic (exact) mass is 385 g/mol. The largest absolute Gasteiger partial charge is 0.306 e. The van der Waals surface area contributed by atoms with Gasteiger partial charge in [-0.05, 0) is 36.8 Å². The van der Waals surface area contributed by atoms with Crippen LogP contribution in [-0.2, 0) is 22.3 Å². The fraction of sp³-hybridized carbons (Fsp3) is 0.158. The van der Waals surface area contributed by atoms with Crippen molar-refractivity contribution in [1.29, 1.82) is 0 Å². The van der Waals surface area contributed by atoms with Crippen molar-refractivity contribution in [3.05, 3.63) is 75.9 Å². The molecule has 0 radical (unpaired) electrons. The molecular formula is C19H16ClN3O2S. The number of nitrogens with one attached hydrogen (secondary N) is 1. The van der Waals surface area contributed by atoms with Crippen molar-refractivity contribution in [3.63, 3.8) is 0 Å². The second kappa shape index (κ2) is 6.70. The molecule has 1 N–H and O–H groups in total. The highest BCUT2D eigenvalue weighted by Gasteiger charge is 2.28. The third-order valence-corrected chi connectivity index (χ3v) is 5.79. The molecule has 4 rings (SSSR count). The van der Waals surface area contributed by atoms with E-state index >= 15 is 0 Å². The number of rotatable bonds is 3. The zero-order valence-electron chi connectivity index (χ0n) is 14.0. The summed E-state index contributed by atoms with van der Waals surface area (Å²) < 4.78 is 13.6.